The number of hydrogen-bond donors (Lipinski definition) is 2. The third kappa shape index (κ3) is 4.53. The monoisotopic (exact) mass is 425 g/mol. The topological polar surface area (TPSA) is 84.9 Å². The fourth-order valence-electron chi connectivity index (χ4n) is 4.19. The summed E-state index contributed by atoms with van der Waals surface area (Å²) >= 11 is 0. The number of fused-ring (bicyclic) bond motifs is 1. The standard InChI is InChI=1S/C25H31NO5/c1-15(2)13-25(14-17-19(26-25)8-7-9-20(17)27)23(29)31-22(28)16-10-11-18(24(3,4)5)21(12-16)30-6/h7-12,15,26-27H,13-14H2,1-6H3. The molecule has 0 aromatic heterocycles. The highest BCUT2D eigenvalue weighted by molar-refractivity contribution is 6.01. The van der Waals surface area contributed by atoms with Crippen molar-refractivity contribution < 1.29 is 24.2 Å². The van der Waals surface area contributed by atoms with E-state index in [-0.39, 0.29) is 29.1 Å². The fourth-order valence-corrected chi connectivity index (χ4v) is 4.19. The Balaban J connectivity index is 1.86. The molecule has 0 saturated carbocycles. The van der Waals surface area contributed by atoms with E-state index in [9.17, 15) is 14.7 Å². The van der Waals surface area contributed by atoms with Crippen molar-refractivity contribution in [2.75, 3.05) is 12.4 Å². The lowest BCUT2D eigenvalue weighted by Gasteiger charge is -2.29. The van der Waals surface area contributed by atoms with E-state index < -0.39 is 17.5 Å². The minimum atomic E-state index is -1.11. The number of aromatic hydroxyl groups is 1. The number of esters is 2. The molecule has 3 rings (SSSR count). The molecule has 31 heavy (non-hydrogen) atoms. The Labute approximate surface area is 183 Å². The van der Waals surface area contributed by atoms with E-state index in [4.69, 9.17) is 9.47 Å². The first-order valence-electron chi connectivity index (χ1n) is 10.5. The number of anilines is 1. The van der Waals surface area contributed by atoms with Crippen LogP contribution in [0.3, 0.4) is 0 Å². The maximum absolute atomic E-state index is 13.2. The Morgan fingerprint density at radius 1 is 1.19 bits per heavy atom. The number of rotatable bonds is 5. The summed E-state index contributed by atoms with van der Waals surface area (Å²) in [5.74, 6) is -0.521. The molecular formula is C25H31NO5. The van der Waals surface area contributed by atoms with Crippen LogP contribution in [0, 0.1) is 5.92 Å². The van der Waals surface area contributed by atoms with E-state index in [1.807, 2.05) is 26.0 Å². The van der Waals surface area contributed by atoms with Gasteiger partial charge in [0.2, 0.25) is 0 Å². The van der Waals surface area contributed by atoms with E-state index in [1.54, 1.807) is 31.4 Å². The molecule has 0 spiro atoms. The normalized spacial score (nSPS) is 17.8. The average Bonchev–Trinajstić information content (AvgIpc) is 3.07. The molecule has 0 saturated heterocycles. The van der Waals surface area contributed by atoms with Crippen LogP contribution in [0.2, 0.25) is 0 Å². The van der Waals surface area contributed by atoms with Crippen molar-refractivity contribution >= 4 is 17.6 Å². The Bertz CT molecular complexity index is 1010. The highest BCUT2D eigenvalue weighted by Gasteiger charge is 2.47. The van der Waals surface area contributed by atoms with Gasteiger partial charge in [-0.05, 0) is 47.6 Å². The third-order valence-corrected chi connectivity index (χ3v) is 5.58. The van der Waals surface area contributed by atoms with Gasteiger partial charge in [0.15, 0.2) is 0 Å². The average molecular weight is 426 g/mol. The van der Waals surface area contributed by atoms with Crippen molar-refractivity contribution in [1.82, 2.24) is 0 Å². The van der Waals surface area contributed by atoms with E-state index in [2.05, 4.69) is 26.1 Å². The van der Waals surface area contributed by atoms with Crippen molar-refractivity contribution in [3.05, 3.63) is 53.1 Å². The third-order valence-electron chi connectivity index (χ3n) is 5.58. The van der Waals surface area contributed by atoms with Crippen LogP contribution in [0.4, 0.5) is 5.69 Å². The van der Waals surface area contributed by atoms with Crippen LogP contribution in [0.25, 0.3) is 0 Å². The molecule has 0 bridgehead atoms. The summed E-state index contributed by atoms with van der Waals surface area (Å²) in [7, 11) is 1.55. The fraction of sp³-hybridized carbons (Fsp3) is 0.440. The van der Waals surface area contributed by atoms with Gasteiger partial charge in [-0.2, -0.15) is 0 Å². The van der Waals surface area contributed by atoms with Crippen LogP contribution in [-0.2, 0) is 21.4 Å². The van der Waals surface area contributed by atoms with Gasteiger partial charge >= 0.3 is 11.9 Å². The number of nitrogens with one attached hydrogen (secondary N) is 1. The van der Waals surface area contributed by atoms with Gasteiger partial charge in [-0.3, -0.25) is 0 Å². The molecule has 0 fully saturated rings. The first kappa shape index (κ1) is 22.7. The van der Waals surface area contributed by atoms with E-state index in [0.29, 0.717) is 23.4 Å². The molecule has 1 aliphatic rings. The molecule has 1 unspecified atom stereocenters. The van der Waals surface area contributed by atoms with Crippen molar-refractivity contribution in [3.8, 4) is 11.5 Å². The van der Waals surface area contributed by atoms with E-state index >= 15 is 0 Å². The second-order valence-electron chi connectivity index (χ2n) is 9.63. The smallest absolute Gasteiger partial charge is 0.345 e. The predicted molar refractivity (Wildman–Crippen MR) is 120 cm³/mol. The lowest BCUT2D eigenvalue weighted by atomic mass is 9.85. The summed E-state index contributed by atoms with van der Waals surface area (Å²) in [6, 6.07) is 10.2. The minimum Gasteiger partial charge on any atom is -0.508 e. The van der Waals surface area contributed by atoms with Gasteiger partial charge in [0, 0.05) is 17.7 Å². The Hall–Kier alpha value is -3.02. The first-order valence-corrected chi connectivity index (χ1v) is 10.5. The van der Waals surface area contributed by atoms with E-state index in [0.717, 1.165) is 5.56 Å². The van der Waals surface area contributed by atoms with Crippen molar-refractivity contribution in [3.63, 3.8) is 0 Å². The molecule has 0 aliphatic carbocycles. The van der Waals surface area contributed by atoms with Crippen LogP contribution >= 0.6 is 0 Å². The number of carbonyl (C=O) groups is 2. The molecule has 2 N–H and O–H groups in total. The maximum atomic E-state index is 13.2. The number of phenolic OH excluding ortho intramolecular Hbond substituents is 1. The Morgan fingerprint density at radius 3 is 2.48 bits per heavy atom. The van der Waals surface area contributed by atoms with Gasteiger partial charge in [-0.1, -0.05) is 46.8 Å². The second-order valence-corrected chi connectivity index (χ2v) is 9.63. The van der Waals surface area contributed by atoms with Gasteiger partial charge in [-0.15, -0.1) is 0 Å². The number of ether oxygens (including phenoxy) is 2. The van der Waals surface area contributed by atoms with Crippen LogP contribution in [0.1, 0.15) is 62.5 Å². The number of hydrogen-bond acceptors (Lipinski definition) is 6. The largest absolute Gasteiger partial charge is 0.508 e. The zero-order valence-electron chi connectivity index (χ0n) is 19.0. The molecule has 2 aromatic rings. The predicted octanol–water partition coefficient (Wildman–Crippen LogP) is 4.83. The minimum absolute atomic E-state index is 0.122. The van der Waals surface area contributed by atoms with Gasteiger partial charge < -0.3 is 19.9 Å². The summed E-state index contributed by atoms with van der Waals surface area (Å²) < 4.78 is 10.8. The SMILES string of the molecule is COc1cc(C(=O)OC(=O)C2(CC(C)C)Cc3c(O)cccc3N2)ccc1C(C)(C)C. The molecule has 2 aromatic carbocycles. The lowest BCUT2D eigenvalue weighted by Crippen LogP contribution is -2.48. The van der Waals surface area contributed by atoms with Gasteiger partial charge in [0.25, 0.3) is 0 Å². The highest BCUT2D eigenvalue weighted by atomic mass is 16.6. The molecule has 6 nitrogen and oxygen atoms in total. The molecule has 166 valence electrons. The molecular weight excluding hydrogens is 394 g/mol. The molecule has 1 aliphatic heterocycles. The zero-order chi connectivity index (χ0) is 23.0. The number of carbonyl (C=O) groups excluding carboxylic acids is 2. The summed E-state index contributed by atoms with van der Waals surface area (Å²) in [5.41, 5.74) is 1.27. The number of methoxy groups -OCH3 is 1. The highest BCUT2D eigenvalue weighted by Crippen LogP contribution is 2.41. The lowest BCUT2D eigenvalue weighted by molar-refractivity contribution is -0.143. The Morgan fingerprint density at radius 2 is 1.90 bits per heavy atom. The molecule has 0 amide bonds. The van der Waals surface area contributed by atoms with Gasteiger partial charge in [0.1, 0.15) is 17.0 Å². The molecule has 1 atom stereocenters. The van der Waals surface area contributed by atoms with Crippen LogP contribution in [-0.4, -0.2) is 29.7 Å². The maximum Gasteiger partial charge on any atom is 0.345 e. The van der Waals surface area contributed by atoms with Crippen LogP contribution in [0.15, 0.2) is 36.4 Å². The van der Waals surface area contributed by atoms with Crippen molar-refractivity contribution in [2.45, 2.75) is 58.4 Å². The summed E-state index contributed by atoms with van der Waals surface area (Å²) in [6.07, 6.45) is 0.713. The van der Waals surface area contributed by atoms with Crippen LogP contribution < -0.4 is 10.1 Å². The van der Waals surface area contributed by atoms with Crippen LogP contribution in [0.5, 0.6) is 11.5 Å². The first-order chi connectivity index (χ1) is 14.5. The number of phenols is 1. The summed E-state index contributed by atoms with van der Waals surface area (Å²) in [6.45, 7) is 10.2. The van der Waals surface area contributed by atoms with E-state index in [1.165, 1.54) is 0 Å². The molecule has 0 radical (unpaired) electrons. The number of benzene rings is 2. The quantitative estimate of drug-likeness (QED) is 0.527. The summed E-state index contributed by atoms with van der Waals surface area (Å²) in [4.78, 5) is 26.1. The van der Waals surface area contributed by atoms with Crippen molar-refractivity contribution in [1.29, 1.82) is 0 Å². The molecule has 6 heteroatoms. The molecule has 1 heterocycles. The van der Waals surface area contributed by atoms with Gasteiger partial charge in [0.05, 0.1) is 12.7 Å². The van der Waals surface area contributed by atoms with Gasteiger partial charge in [-0.25, -0.2) is 9.59 Å². The summed E-state index contributed by atoms with van der Waals surface area (Å²) in [5, 5.41) is 13.4. The zero-order valence-corrected chi connectivity index (χ0v) is 19.0. The Kier molecular flexibility index (Phi) is 6.03. The second kappa shape index (κ2) is 8.25. The van der Waals surface area contributed by atoms with Crippen molar-refractivity contribution in [2.24, 2.45) is 5.92 Å².